The maximum absolute atomic E-state index is 14.4. The number of aromatic nitrogens is 1. The van der Waals surface area contributed by atoms with Crippen LogP contribution < -0.4 is 21.3 Å². The summed E-state index contributed by atoms with van der Waals surface area (Å²) in [6, 6.07) is 9.99. The lowest BCUT2D eigenvalue weighted by Crippen LogP contribution is -2.59. The number of methoxy groups -OCH3 is 1. The molecule has 15 nitrogen and oxygen atoms in total. The molecule has 1 aromatic heterocycles. The van der Waals surface area contributed by atoms with E-state index in [1.54, 1.807) is 62.4 Å². The van der Waals surface area contributed by atoms with Gasteiger partial charge in [0, 0.05) is 24.5 Å². The molecule has 0 aliphatic carbocycles. The number of amides is 5. The summed E-state index contributed by atoms with van der Waals surface area (Å²) in [5.74, 6) is -4.53. The Labute approximate surface area is 319 Å². The Balaban J connectivity index is 1.55. The van der Waals surface area contributed by atoms with Gasteiger partial charge in [-0.25, -0.2) is 4.79 Å². The Kier molecular flexibility index (Phi) is 13.3. The predicted molar refractivity (Wildman–Crippen MR) is 201 cm³/mol. The Hall–Kier alpha value is -5.73. The summed E-state index contributed by atoms with van der Waals surface area (Å²) in [5, 5.41) is 11.7. The van der Waals surface area contributed by atoms with E-state index >= 15 is 0 Å². The largest absolute Gasteiger partial charge is 0.461 e. The molecule has 2 aliphatic rings. The lowest BCUT2D eigenvalue weighted by Gasteiger charge is -2.30. The number of hydrogen-bond acceptors (Lipinski definition) is 9. The van der Waals surface area contributed by atoms with Crippen molar-refractivity contribution in [3.05, 3.63) is 71.9 Å². The Morgan fingerprint density at radius 3 is 2.15 bits per heavy atom. The molecule has 2 aliphatic heterocycles. The Morgan fingerprint density at radius 1 is 0.800 bits per heavy atom. The number of hydrogen-bond donors (Lipinski definition) is 4. The van der Waals surface area contributed by atoms with Gasteiger partial charge in [0.15, 0.2) is 0 Å². The van der Waals surface area contributed by atoms with Gasteiger partial charge in [-0.1, -0.05) is 76.2 Å². The molecule has 5 amide bonds. The standard InChI is InChI=1S/C40H50N6O9/c1-23(2)18-28-35(48)41-29(19-26-21-46(40(53)54-5)31-15-10-9-14-27(26)31)36(49)43-30(20-33(47)55-22-25-12-7-6-8-13-25)39(52)45-17-11-16-32(45)37(50)44-34(24(3)4)38(51)42-28/h6-10,12-15,21,23-24,28-30,32,34H,11,16-20,22H2,1-5H3,(H,41,48)(H,42,51)(H,43,49)(H,44,50)/t28-,29+,30+,32-,34+/m0/s1. The van der Waals surface area contributed by atoms with Gasteiger partial charge in [-0.2, -0.15) is 0 Å². The fourth-order valence-electron chi connectivity index (χ4n) is 7.05. The third kappa shape index (κ3) is 9.88. The normalized spacial score (nSPS) is 22.6. The van der Waals surface area contributed by atoms with E-state index in [9.17, 15) is 33.6 Å². The predicted octanol–water partition coefficient (Wildman–Crippen LogP) is 2.58. The van der Waals surface area contributed by atoms with Crippen LogP contribution >= 0.6 is 0 Å². The molecule has 15 heteroatoms. The summed E-state index contributed by atoms with van der Waals surface area (Å²) in [4.78, 5) is 97.8. The average Bonchev–Trinajstić information content (AvgIpc) is 3.80. The molecule has 2 saturated heterocycles. The summed E-state index contributed by atoms with van der Waals surface area (Å²) in [5.41, 5.74) is 1.73. The zero-order chi connectivity index (χ0) is 39.8. The molecule has 5 rings (SSSR count). The van der Waals surface area contributed by atoms with Crippen LogP contribution in [0.2, 0.25) is 0 Å². The van der Waals surface area contributed by atoms with Crippen LogP contribution in [0.5, 0.6) is 0 Å². The fraction of sp³-hybridized carbons (Fsp3) is 0.475. The second-order valence-electron chi connectivity index (χ2n) is 14.8. The molecule has 0 spiro atoms. The van der Waals surface area contributed by atoms with E-state index in [4.69, 9.17) is 9.47 Å². The van der Waals surface area contributed by atoms with Gasteiger partial charge in [0.1, 0.15) is 36.8 Å². The lowest BCUT2D eigenvalue weighted by atomic mass is 9.98. The van der Waals surface area contributed by atoms with Crippen LogP contribution in [-0.4, -0.2) is 94.9 Å². The van der Waals surface area contributed by atoms with Crippen LogP contribution in [0.4, 0.5) is 4.79 Å². The van der Waals surface area contributed by atoms with Crippen LogP contribution in [0.15, 0.2) is 60.8 Å². The molecular weight excluding hydrogens is 708 g/mol. The molecule has 5 atom stereocenters. The molecule has 4 N–H and O–H groups in total. The zero-order valence-corrected chi connectivity index (χ0v) is 31.8. The van der Waals surface area contributed by atoms with Crippen LogP contribution in [0, 0.1) is 11.8 Å². The summed E-state index contributed by atoms with van der Waals surface area (Å²) in [7, 11) is 1.24. The van der Waals surface area contributed by atoms with E-state index in [2.05, 4.69) is 21.3 Å². The second kappa shape index (κ2) is 18.1. The summed E-state index contributed by atoms with van der Waals surface area (Å²) < 4.78 is 11.8. The van der Waals surface area contributed by atoms with Crippen LogP contribution in [0.25, 0.3) is 10.9 Å². The highest BCUT2D eigenvalue weighted by atomic mass is 16.5. The van der Waals surface area contributed by atoms with E-state index in [1.165, 1.54) is 22.8 Å². The number of nitrogens with one attached hydrogen (secondary N) is 4. The number of carbonyl (C=O) groups is 7. The van der Waals surface area contributed by atoms with Crippen molar-refractivity contribution in [3.63, 3.8) is 0 Å². The highest BCUT2D eigenvalue weighted by Gasteiger charge is 2.42. The van der Waals surface area contributed by atoms with Crippen molar-refractivity contribution in [2.24, 2.45) is 11.8 Å². The zero-order valence-electron chi connectivity index (χ0n) is 31.8. The maximum atomic E-state index is 14.4. The minimum Gasteiger partial charge on any atom is -0.461 e. The van der Waals surface area contributed by atoms with Crippen molar-refractivity contribution in [1.82, 2.24) is 30.7 Å². The molecule has 294 valence electrons. The van der Waals surface area contributed by atoms with Gasteiger partial charge < -0.3 is 35.6 Å². The number of para-hydroxylation sites is 1. The van der Waals surface area contributed by atoms with Gasteiger partial charge in [-0.15, -0.1) is 0 Å². The Morgan fingerprint density at radius 2 is 1.45 bits per heavy atom. The molecule has 3 aromatic rings. The number of rotatable bonds is 9. The van der Waals surface area contributed by atoms with E-state index in [-0.39, 0.29) is 37.8 Å². The maximum Gasteiger partial charge on any atom is 0.418 e. The van der Waals surface area contributed by atoms with Crippen molar-refractivity contribution in [1.29, 1.82) is 0 Å². The first-order valence-corrected chi connectivity index (χ1v) is 18.7. The Bertz CT molecular complexity index is 1910. The van der Waals surface area contributed by atoms with Crippen molar-refractivity contribution >= 4 is 52.5 Å². The molecule has 2 fully saturated rings. The summed E-state index contributed by atoms with van der Waals surface area (Å²) in [6.45, 7) is 7.38. The molecule has 0 saturated carbocycles. The molecular formula is C40H50N6O9. The van der Waals surface area contributed by atoms with Gasteiger partial charge >= 0.3 is 12.1 Å². The number of ether oxygens (including phenoxy) is 2. The number of nitrogens with zero attached hydrogens (tertiary/aromatic N) is 2. The summed E-state index contributed by atoms with van der Waals surface area (Å²) >= 11 is 0. The van der Waals surface area contributed by atoms with E-state index in [1.807, 2.05) is 19.9 Å². The second-order valence-corrected chi connectivity index (χ2v) is 14.8. The first-order valence-electron chi connectivity index (χ1n) is 18.7. The lowest BCUT2D eigenvalue weighted by molar-refractivity contribution is -0.150. The van der Waals surface area contributed by atoms with Crippen LogP contribution in [-0.2, 0) is 51.3 Å². The van der Waals surface area contributed by atoms with Crippen LogP contribution in [0.3, 0.4) is 0 Å². The van der Waals surface area contributed by atoms with Crippen molar-refractivity contribution in [2.75, 3.05) is 13.7 Å². The van der Waals surface area contributed by atoms with Gasteiger partial charge in [-0.3, -0.25) is 33.3 Å². The SMILES string of the molecule is COC(=O)n1cc(C[C@H]2NC(=O)[C@H](CC(C)C)NC(=O)[C@@H](C(C)C)NC(=O)[C@@H]3CCCN3C(=O)[C@@H](CC(=O)OCc3ccccc3)NC2=O)c2ccccc21. The third-order valence-corrected chi connectivity index (χ3v) is 9.88. The van der Waals surface area contributed by atoms with Gasteiger partial charge in [0.25, 0.3) is 0 Å². The van der Waals surface area contributed by atoms with Gasteiger partial charge in [0.05, 0.1) is 19.0 Å². The molecule has 0 unspecified atom stereocenters. The van der Waals surface area contributed by atoms with Crippen molar-refractivity contribution in [3.8, 4) is 0 Å². The molecule has 3 heterocycles. The molecule has 2 aromatic carbocycles. The number of carbonyl (C=O) groups excluding carboxylic acids is 7. The minimum atomic E-state index is -1.47. The van der Waals surface area contributed by atoms with E-state index < -0.39 is 78.2 Å². The number of fused-ring (bicyclic) bond motifs is 2. The number of esters is 1. The molecule has 0 radical (unpaired) electrons. The van der Waals surface area contributed by atoms with E-state index in [0.717, 1.165) is 5.56 Å². The van der Waals surface area contributed by atoms with Crippen LogP contribution in [0.1, 0.15) is 64.5 Å². The molecule has 0 bridgehead atoms. The monoisotopic (exact) mass is 758 g/mol. The van der Waals surface area contributed by atoms with Crippen molar-refractivity contribution < 1.29 is 43.0 Å². The third-order valence-electron chi connectivity index (χ3n) is 9.88. The van der Waals surface area contributed by atoms with Crippen molar-refractivity contribution in [2.45, 2.75) is 96.6 Å². The van der Waals surface area contributed by atoms with Gasteiger partial charge in [-0.05, 0) is 48.3 Å². The number of benzene rings is 2. The summed E-state index contributed by atoms with van der Waals surface area (Å²) in [6.07, 6.45) is 1.12. The first kappa shape index (κ1) is 40.5. The first-order chi connectivity index (χ1) is 26.3. The van der Waals surface area contributed by atoms with E-state index in [0.29, 0.717) is 29.3 Å². The quantitative estimate of drug-likeness (QED) is 0.238. The minimum absolute atomic E-state index is 0.0634. The highest BCUT2D eigenvalue weighted by Crippen LogP contribution is 2.24. The average molecular weight is 759 g/mol. The molecule has 55 heavy (non-hydrogen) atoms. The van der Waals surface area contributed by atoms with Gasteiger partial charge in [0.2, 0.25) is 29.5 Å². The smallest absolute Gasteiger partial charge is 0.418 e. The highest BCUT2D eigenvalue weighted by molar-refractivity contribution is 6.00. The fourth-order valence-corrected chi connectivity index (χ4v) is 7.05. The topological polar surface area (TPSA) is 194 Å².